The van der Waals surface area contributed by atoms with Gasteiger partial charge in [0.1, 0.15) is 0 Å². The lowest BCUT2D eigenvalue weighted by Crippen LogP contribution is -2.40. The van der Waals surface area contributed by atoms with E-state index in [1.165, 1.54) is 38.0 Å². The zero-order valence-electron chi connectivity index (χ0n) is 11.8. The number of likely N-dealkylation sites (tertiary alicyclic amines) is 1. The number of hydrogen-bond acceptors (Lipinski definition) is 2. The van der Waals surface area contributed by atoms with Crippen LogP contribution < -0.4 is 5.32 Å². The highest BCUT2D eigenvalue weighted by atomic mass is 15.1. The van der Waals surface area contributed by atoms with Crippen LogP contribution in [0.3, 0.4) is 0 Å². The fraction of sp³-hybridized carbons (Fsp3) is 0.625. The van der Waals surface area contributed by atoms with Gasteiger partial charge in [0.05, 0.1) is 0 Å². The predicted molar refractivity (Wildman–Crippen MR) is 77.6 cm³/mol. The molecule has 2 heteroatoms. The summed E-state index contributed by atoms with van der Waals surface area (Å²) in [6, 6.07) is 10.6. The molecule has 0 spiro atoms. The van der Waals surface area contributed by atoms with Gasteiger partial charge in [0, 0.05) is 19.6 Å². The number of rotatable bonds is 5. The fourth-order valence-corrected chi connectivity index (χ4v) is 2.45. The molecule has 0 radical (unpaired) electrons. The first-order chi connectivity index (χ1) is 8.66. The predicted octanol–water partition coefficient (Wildman–Crippen LogP) is 2.90. The normalized spacial score (nSPS) is 19.9. The van der Waals surface area contributed by atoms with Crippen molar-refractivity contribution in [2.45, 2.75) is 33.2 Å². The Morgan fingerprint density at radius 1 is 1.11 bits per heavy atom. The summed E-state index contributed by atoms with van der Waals surface area (Å²) in [4.78, 5) is 2.59. The van der Waals surface area contributed by atoms with E-state index in [-0.39, 0.29) is 0 Å². The summed E-state index contributed by atoms with van der Waals surface area (Å²) in [7, 11) is 0. The minimum Gasteiger partial charge on any atom is -0.311 e. The Kier molecular flexibility index (Phi) is 4.79. The lowest BCUT2D eigenvalue weighted by atomic mass is 9.83. The molecule has 0 atom stereocenters. The molecule has 0 aliphatic carbocycles. The Bertz CT molecular complexity index is 335. The molecule has 0 unspecified atom stereocenters. The van der Waals surface area contributed by atoms with E-state index in [1.54, 1.807) is 0 Å². The molecule has 1 N–H and O–H groups in total. The third kappa shape index (κ3) is 4.43. The van der Waals surface area contributed by atoms with Gasteiger partial charge in [-0.05, 0) is 36.9 Å². The molecule has 1 saturated heterocycles. The van der Waals surface area contributed by atoms with E-state index >= 15 is 0 Å². The van der Waals surface area contributed by atoms with Crippen molar-refractivity contribution in [3.63, 3.8) is 0 Å². The summed E-state index contributed by atoms with van der Waals surface area (Å²) < 4.78 is 0. The van der Waals surface area contributed by atoms with Crippen LogP contribution in [0, 0.1) is 5.41 Å². The van der Waals surface area contributed by atoms with Crippen molar-refractivity contribution in [1.29, 1.82) is 0 Å². The van der Waals surface area contributed by atoms with Crippen LogP contribution in [0.2, 0.25) is 0 Å². The van der Waals surface area contributed by atoms with E-state index in [1.807, 2.05) is 0 Å². The van der Waals surface area contributed by atoms with E-state index in [4.69, 9.17) is 0 Å². The van der Waals surface area contributed by atoms with Crippen LogP contribution >= 0.6 is 0 Å². The van der Waals surface area contributed by atoms with E-state index in [9.17, 15) is 0 Å². The first kappa shape index (κ1) is 13.6. The highest BCUT2D eigenvalue weighted by molar-refractivity contribution is 5.14. The average molecular weight is 246 g/mol. The summed E-state index contributed by atoms with van der Waals surface area (Å²) in [5, 5.41) is 3.53. The third-order valence-corrected chi connectivity index (χ3v) is 3.99. The summed E-state index contributed by atoms with van der Waals surface area (Å²) in [5.41, 5.74) is 1.94. The van der Waals surface area contributed by atoms with Crippen molar-refractivity contribution in [2.24, 2.45) is 5.41 Å². The molecule has 1 aromatic rings. The summed E-state index contributed by atoms with van der Waals surface area (Å²) >= 11 is 0. The molecule has 100 valence electrons. The zero-order chi connectivity index (χ0) is 12.8. The summed E-state index contributed by atoms with van der Waals surface area (Å²) in [5.74, 6) is 0. The molecule has 0 amide bonds. The molecule has 1 fully saturated rings. The Balaban J connectivity index is 1.59. The van der Waals surface area contributed by atoms with Gasteiger partial charge in [0.15, 0.2) is 0 Å². The molecule has 2 nitrogen and oxygen atoms in total. The van der Waals surface area contributed by atoms with Gasteiger partial charge >= 0.3 is 0 Å². The van der Waals surface area contributed by atoms with Crippen molar-refractivity contribution < 1.29 is 0 Å². The minimum atomic E-state index is 0.563. The van der Waals surface area contributed by atoms with Crippen molar-refractivity contribution in [3.8, 4) is 0 Å². The highest BCUT2D eigenvalue weighted by Gasteiger charge is 2.24. The topological polar surface area (TPSA) is 15.3 Å². The second-order valence-corrected chi connectivity index (χ2v) is 6.17. The first-order valence-electron chi connectivity index (χ1n) is 7.13. The van der Waals surface area contributed by atoms with Gasteiger partial charge in [-0.15, -0.1) is 0 Å². The van der Waals surface area contributed by atoms with Gasteiger partial charge in [-0.1, -0.05) is 44.2 Å². The second-order valence-electron chi connectivity index (χ2n) is 6.17. The number of nitrogens with one attached hydrogen (secondary N) is 1. The number of piperidine rings is 1. The van der Waals surface area contributed by atoms with Crippen LogP contribution in [0.15, 0.2) is 30.3 Å². The quantitative estimate of drug-likeness (QED) is 0.804. The van der Waals surface area contributed by atoms with Gasteiger partial charge in [-0.2, -0.15) is 0 Å². The molecule has 0 bridgehead atoms. The molecule has 2 rings (SSSR count). The minimum absolute atomic E-state index is 0.563. The number of nitrogens with zero attached hydrogens (tertiary/aromatic N) is 1. The third-order valence-electron chi connectivity index (χ3n) is 3.99. The van der Waals surface area contributed by atoms with Crippen molar-refractivity contribution in [3.05, 3.63) is 35.9 Å². The molecule has 1 aromatic carbocycles. The molecular weight excluding hydrogens is 220 g/mol. The standard InChI is InChI=1S/C16H26N2/c1-16(2)8-11-18(12-9-16)13-10-17-14-15-6-4-3-5-7-15/h3-7,17H,8-14H2,1-2H3. The monoisotopic (exact) mass is 246 g/mol. The number of benzene rings is 1. The van der Waals surface area contributed by atoms with Crippen LogP contribution in [-0.2, 0) is 6.54 Å². The molecule has 1 heterocycles. The van der Waals surface area contributed by atoms with Crippen LogP contribution in [0.5, 0.6) is 0 Å². The SMILES string of the molecule is CC1(C)CCN(CCNCc2ccccc2)CC1. The van der Waals surface area contributed by atoms with Gasteiger partial charge < -0.3 is 10.2 Å². The first-order valence-corrected chi connectivity index (χ1v) is 7.13. The Labute approximate surface area is 111 Å². The molecular formula is C16H26N2. The zero-order valence-corrected chi connectivity index (χ0v) is 11.8. The van der Waals surface area contributed by atoms with Gasteiger partial charge in [-0.25, -0.2) is 0 Å². The molecule has 18 heavy (non-hydrogen) atoms. The maximum absolute atomic E-state index is 3.53. The fourth-order valence-electron chi connectivity index (χ4n) is 2.45. The smallest absolute Gasteiger partial charge is 0.0206 e. The lowest BCUT2D eigenvalue weighted by Gasteiger charge is -2.36. The van der Waals surface area contributed by atoms with Crippen LogP contribution in [0.25, 0.3) is 0 Å². The average Bonchev–Trinajstić information content (AvgIpc) is 2.37. The van der Waals surface area contributed by atoms with Crippen LogP contribution in [0.4, 0.5) is 0 Å². The van der Waals surface area contributed by atoms with Crippen LogP contribution in [0.1, 0.15) is 32.3 Å². The highest BCUT2D eigenvalue weighted by Crippen LogP contribution is 2.29. The number of hydrogen-bond donors (Lipinski definition) is 1. The molecule has 1 aliphatic heterocycles. The van der Waals surface area contributed by atoms with Crippen molar-refractivity contribution in [1.82, 2.24) is 10.2 Å². The van der Waals surface area contributed by atoms with Crippen LogP contribution in [-0.4, -0.2) is 31.1 Å². The Morgan fingerprint density at radius 3 is 2.44 bits per heavy atom. The lowest BCUT2D eigenvalue weighted by molar-refractivity contribution is 0.133. The largest absolute Gasteiger partial charge is 0.311 e. The Hall–Kier alpha value is -0.860. The maximum Gasteiger partial charge on any atom is 0.0206 e. The summed E-state index contributed by atoms with van der Waals surface area (Å²) in [6.45, 7) is 10.6. The van der Waals surface area contributed by atoms with Crippen molar-refractivity contribution in [2.75, 3.05) is 26.2 Å². The van der Waals surface area contributed by atoms with Crippen molar-refractivity contribution >= 4 is 0 Å². The van der Waals surface area contributed by atoms with E-state index in [0.29, 0.717) is 5.41 Å². The van der Waals surface area contributed by atoms with E-state index in [0.717, 1.165) is 13.1 Å². The van der Waals surface area contributed by atoms with Gasteiger partial charge in [0.2, 0.25) is 0 Å². The van der Waals surface area contributed by atoms with E-state index < -0.39 is 0 Å². The second kappa shape index (κ2) is 6.35. The van der Waals surface area contributed by atoms with Gasteiger partial charge in [-0.3, -0.25) is 0 Å². The van der Waals surface area contributed by atoms with Gasteiger partial charge in [0.25, 0.3) is 0 Å². The van der Waals surface area contributed by atoms with E-state index in [2.05, 4.69) is 54.4 Å². The molecule has 0 saturated carbocycles. The maximum atomic E-state index is 3.53. The molecule has 0 aromatic heterocycles. The molecule has 1 aliphatic rings. The summed E-state index contributed by atoms with van der Waals surface area (Å²) in [6.07, 6.45) is 2.68. The Morgan fingerprint density at radius 2 is 1.78 bits per heavy atom.